The summed E-state index contributed by atoms with van der Waals surface area (Å²) in [5.41, 5.74) is -0.0245. The molecule has 0 saturated heterocycles. The molecular formula is C14H10FNO5. The van der Waals surface area contributed by atoms with Gasteiger partial charge in [-0.3, -0.25) is 10.1 Å². The minimum atomic E-state index is -1.21. The van der Waals surface area contributed by atoms with E-state index in [1.165, 1.54) is 12.1 Å². The Labute approximate surface area is 118 Å². The molecule has 0 aliphatic rings. The number of hydrogen-bond donors (Lipinski definition) is 1. The Bertz CT molecular complexity index is 729. The predicted octanol–water partition coefficient (Wildman–Crippen LogP) is 3.53. The molecule has 0 saturated carbocycles. The Morgan fingerprint density at radius 2 is 2.05 bits per heavy atom. The number of hydrogen-bond acceptors (Lipinski definition) is 4. The highest BCUT2D eigenvalue weighted by Gasteiger charge is 2.17. The van der Waals surface area contributed by atoms with E-state index in [1.54, 1.807) is 13.0 Å². The van der Waals surface area contributed by atoms with Crippen LogP contribution in [0.4, 0.5) is 10.1 Å². The topological polar surface area (TPSA) is 89.7 Å². The number of para-hydroxylation sites is 1. The molecule has 21 heavy (non-hydrogen) atoms. The van der Waals surface area contributed by atoms with Crippen molar-refractivity contribution in [2.45, 2.75) is 6.92 Å². The summed E-state index contributed by atoms with van der Waals surface area (Å²) in [5.74, 6) is -2.44. The molecule has 0 unspecified atom stereocenters. The molecule has 0 spiro atoms. The van der Waals surface area contributed by atoms with Crippen LogP contribution in [0.25, 0.3) is 0 Å². The highest BCUT2D eigenvalue weighted by molar-refractivity contribution is 5.91. The Morgan fingerprint density at radius 1 is 1.33 bits per heavy atom. The summed E-state index contributed by atoms with van der Waals surface area (Å²) < 4.78 is 19.1. The zero-order valence-corrected chi connectivity index (χ0v) is 10.9. The second-order valence-corrected chi connectivity index (χ2v) is 4.23. The van der Waals surface area contributed by atoms with Gasteiger partial charge in [-0.1, -0.05) is 12.1 Å². The summed E-state index contributed by atoms with van der Waals surface area (Å²) in [5, 5.41) is 19.6. The molecule has 0 bridgehead atoms. The number of benzene rings is 2. The van der Waals surface area contributed by atoms with Crippen LogP contribution in [0.2, 0.25) is 0 Å². The summed E-state index contributed by atoms with van der Waals surface area (Å²) in [6, 6.07) is 7.37. The molecule has 0 amide bonds. The van der Waals surface area contributed by atoms with Crippen molar-refractivity contribution in [3.05, 3.63) is 63.5 Å². The van der Waals surface area contributed by atoms with Crippen LogP contribution in [0.15, 0.2) is 36.4 Å². The summed E-state index contributed by atoms with van der Waals surface area (Å²) in [7, 11) is 0. The smallest absolute Gasteiger partial charge is 0.339 e. The molecule has 1 N–H and O–H groups in total. The maximum Gasteiger partial charge on any atom is 0.339 e. The molecule has 0 atom stereocenters. The highest BCUT2D eigenvalue weighted by Crippen LogP contribution is 2.32. The fourth-order valence-electron chi connectivity index (χ4n) is 1.75. The predicted molar refractivity (Wildman–Crippen MR) is 71.3 cm³/mol. The molecule has 0 aliphatic carbocycles. The monoisotopic (exact) mass is 291 g/mol. The van der Waals surface area contributed by atoms with Gasteiger partial charge in [-0.2, -0.15) is 0 Å². The van der Waals surface area contributed by atoms with Crippen LogP contribution < -0.4 is 4.74 Å². The molecule has 0 aromatic heterocycles. The van der Waals surface area contributed by atoms with Crippen molar-refractivity contribution in [3.63, 3.8) is 0 Å². The third-order valence-corrected chi connectivity index (χ3v) is 2.78. The van der Waals surface area contributed by atoms with E-state index in [0.29, 0.717) is 11.6 Å². The Balaban J connectivity index is 2.44. The lowest BCUT2D eigenvalue weighted by molar-refractivity contribution is -0.385. The van der Waals surface area contributed by atoms with Crippen LogP contribution in [-0.4, -0.2) is 16.0 Å². The molecule has 0 fully saturated rings. The van der Waals surface area contributed by atoms with Gasteiger partial charge in [0.05, 0.1) is 11.0 Å². The first kappa shape index (κ1) is 14.4. The zero-order chi connectivity index (χ0) is 15.6. The van der Waals surface area contributed by atoms with Crippen molar-refractivity contribution >= 4 is 11.7 Å². The number of carbonyl (C=O) groups is 1. The van der Waals surface area contributed by atoms with Crippen molar-refractivity contribution in [3.8, 4) is 11.5 Å². The van der Waals surface area contributed by atoms with E-state index >= 15 is 0 Å². The number of rotatable bonds is 4. The van der Waals surface area contributed by atoms with Crippen LogP contribution in [0.3, 0.4) is 0 Å². The van der Waals surface area contributed by atoms with Crippen molar-refractivity contribution in [2.75, 3.05) is 0 Å². The first-order chi connectivity index (χ1) is 9.90. The van der Waals surface area contributed by atoms with Crippen LogP contribution in [-0.2, 0) is 0 Å². The van der Waals surface area contributed by atoms with Gasteiger partial charge in [0.1, 0.15) is 11.3 Å². The number of non-ortho nitro benzene ring substituents is 1. The van der Waals surface area contributed by atoms with Gasteiger partial charge >= 0.3 is 5.97 Å². The van der Waals surface area contributed by atoms with Crippen LogP contribution >= 0.6 is 0 Å². The van der Waals surface area contributed by atoms with E-state index in [-0.39, 0.29) is 17.1 Å². The highest BCUT2D eigenvalue weighted by atomic mass is 19.1. The maximum atomic E-state index is 13.8. The van der Waals surface area contributed by atoms with E-state index < -0.39 is 22.4 Å². The number of nitrogens with zero attached hydrogens (tertiary/aromatic N) is 1. The first-order valence-corrected chi connectivity index (χ1v) is 5.85. The standard InChI is InChI=1S/C14H10FNO5/c1-8-3-2-4-10(14(17)18)13(8)21-12-6-5-9(16(19)20)7-11(12)15/h2-7H,1H3,(H,17,18). The molecule has 6 nitrogen and oxygen atoms in total. The quantitative estimate of drug-likeness (QED) is 0.687. The number of carboxylic acids is 1. The molecule has 2 aromatic carbocycles. The van der Waals surface area contributed by atoms with Gasteiger partial charge in [-0.15, -0.1) is 0 Å². The van der Waals surface area contributed by atoms with Gasteiger partial charge in [-0.25, -0.2) is 9.18 Å². The van der Waals surface area contributed by atoms with E-state index in [2.05, 4.69) is 0 Å². The van der Waals surface area contributed by atoms with Gasteiger partial charge in [0, 0.05) is 6.07 Å². The average molecular weight is 291 g/mol. The maximum absolute atomic E-state index is 13.8. The van der Waals surface area contributed by atoms with Crippen molar-refractivity contribution in [2.24, 2.45) is 0 Å². The third-order valence-electron chi connectivity index (χ3n) is 2.78. The van der Waals surface area contributed by atoms with Gasteiger partial charge in [0.2, 0.25) is 0 Å². The normalized spacial score (nSPS) is 10.2. The lowest BCUT2D eigenvalue weighted by Crippen LogP contribution is -2.02. The van der Waals surface area contributed by atoms with Crippen LogP contribution in [0, 0.1) is 22.9 Å². The lowest BCUT2D eigenvalue weighted by Gasteiger charge is -2.12. The molecule has 2 aromatic rings. The number of nitro benzene ring substituents is 1. The van der Waals surface area contributed by atoms with E-state index in [1.807, 2.05) is 0 Å². The largest absolute Gasteiger partial charge is 0.478 e. The summed E-state index contributed by atoms with van der Waals surface area (Å²) in [6.07, 6.45) is 0. The Morgan fingerprint density at radius 3 is 2.62 bits per heavy atom. The lowest BCUT2D eigenvalue weighted by atomic mass is 10.1. The molecule has 0 heterocycles. The fraction of sp³-hybridized carbons (Fsp3) is 0.0714. The van der Waals surface area contributed by atoms with E-state index in [4.69, 9.17) is 9.84 Å². The number of carboxylic acid groups (broad SMARTS) is 1. The SMILES string of the molecule is Cc1cccc(C(=O)O)c1Oc1ccc([N+](=O)[O-])cc1F. The molecule has 2 rings (SSSR count). The van der Waals surface area contributed by atoms with Crippen molar-refractivity contribution in [1.82, 2.24) is 0 Å². The second kappa shape index (κ2) is 5.58. The minimum Gasteiger partial charge on any atom is -0.478 e. The second-order valence-electron chi connectivity index (χ2n) is 4.23. The number of ether oxygens (including phenoxy) is 1. The molecule has 0 aliphatic heterocycles. The van der Waals surface area contributed by atoms with Crippen LogP contribution in [0.1, 0.15) is 15.9 Å². The third kappa shape index (κ3) is 2.97. The number of halogens is 1. The molecule has 108 valence electrons. The van der Waals surface area contributed by atoms with E-state index in [0.717, 1.165) is 12.1 Å². The number of aryl methyl sites for hydroxylation is 1. The minimum absolute atomic E-state index is 0.00208. The fourth-order valence-corrected chi connectivity index (χ4v) is 1.75. The molecular weight excluding hydrogens is 281 g/mol. The number of nitro groups is 1. The van der Waals surface area contributed by atoms with Gasteiger partial charge in [-0.05, 0) is 24.6 Å². The van der Waals surface area contributed by atoms with Gasteiger partial charge < -0.3 is 9.84 Å². The number of aromatic carboxylic acids is 1. The van der Waals surface area contributed by atoms with Gasteiger partial charge in [0.25, 0.3) is 5.69 Å². The van der Waals surface area contributed by atoms with Crippen molar-refractivity contribution < 1.29 is 24.0 Å². The van der Waals surface area contributed by atoms with Crippen LogP contribution in [0.5, 0.6) is 11.5 Å². The van der Waals surface area contributed by atoms with Gasteiger partial charge in [0.15, 0.2) is 11.6 Å². The van der Waals surface area contributed by atoms with Crippen molar-refractivity contribution in [1.29, 1.82) is 0 Å². The Hall–Kier alpha value is -2.96. The summed E-state index contributed by atoms with van der Waals surface area (Å²) >= 11 is 0. The molecule has 0 radical (unpaired) electrons. The Kier molecular flexibility index (Phi) is 3.84. The molecule has 7 heteroatoms. The summed E-state index contributed by atoms with van der Waals surface area (Å²) in [6.45, 7) is 1.62. The average Bonchev–Trinajstić information content (AvgIpc) is 2.42. The summed E-state index contributed by atoms with van der Waals surface area (Å²) in [4.78, 5) is 20.9. The zero-order valence-electron chi connectivity index (χ0n) is 10.9. The van der Waals surface area contributed by atoms with E-state index in [9.17, 15) is 19.3 Å². The first-order valence-electron chi connectivity index (χ1n) is 5.85.